The van der Waals surface area contributed by atoms with E-state index >= 15 is 0 Å². The number of carbonyl (C=O) groups excluding carboxylic acids is 1. The maximum atomic E-state index is 12.1. The number of hydrogen-bond donors (Lipinski definition) is 1. The van der Waals surface area contributed by atoms with Crippen LogP contribution in [0.3, 0.4) is 0 Å². The predicted octanol–water partition coefficient (Wildman–Crippen LogP) is 3.86. The molecule has 1 aromatic heterocycles. The number of anilines is 1. The maximum Gasteiger partial charge on any atom is 0.275 e. The summed E-state index contributed by atoms with van der Waals surface area (Å²) in [5.74, 6) is -0.546. The van der Waals surface area contributed by atoms with Crippen LogP contribution in [0, 0.1) is 17.0 Å². The summed E-state index contributed by atoms with van der Waals surface area (Å²) in [6.07, 6.45) is 0. The van der Waals surface area contributed by atoms with Gasteiger partial charge in [0.1, 0.15) is 10.8 Å². The Kier molecular flexibility index (Phi) is 4.40. The van der Waals surface area contributed by atoms with E-state index in [-0.39, 0.29) is 21.6 Å². The highest BCUT2D eigenvalue weighted by Gasteiger charge is 2.15. The van der Waals surface area contributed by atoms with E-state index in [0.29, 0.717) is 11.3 Å². The molecule has 0 aliphatic rings. The first-order valence-electron chi connectivity index (χ1n) is 5.77. The fourth-order valence-corrected chi connectivity index (χ4v) is 2.04. The number of nitrogens with zero attached hydrogens (tertiary/aromatic N) is 2. The molecular formula is C13H9Cl2N3O3. The lowest BCUT2D eigenvalue weighted by molar-refractivity contribution is -0.385. The van der Waals surface area contributed by atoms with Gasteiger partial charge in [-0.05, 0) is 31.2 Å². The van der Waals surface area contributed by atoms with Crippen molar-refractivity contribution in [1.82, 2.24) is 4.98 Å². The van der Waals surface area contributed by atoms with Crippen LogP contribution in [-0.2, 0) is 0 Å². The van der Waals surface area contributed by atoms with Crippen molar-refractivity contribution in [3.8, 4) is 0 Å². The van der Waals surface area contributed by atoms with Crippen LogP contribution in [0.1, 0.15) is 16.1 Å². The Hall–Kier alpha value is -2.18. The Labute approximate surface area is 129 Å². The van der Waals surface area contributed by atoms with Crippen LogP contribution in [0.25, 0.3) is 0 Å². The zero-order chi connectivity index (χ0) is 15.6. The van der Waals surface area contributed by atoms with Crippen molar-refractivity contribution in [1.29, 1.82) is 0 Å². The molecule has 2 rings (SSSR count). The second-order valence-electron chi connectivity index (χ2n) is 4.18. The van der Waals surface area contributed by atoms with Crippen molar-refractivity contribution >= 4 is 40.5 Å². The molecule has 2 aromatic rings. The summed E-state index contributed by atoms with van der Waals surface area (Å²) < 4.78 is 0. The van der Waals surface area contributed by atoms with E-state index in [2.05, 4.69) is 10.3 Å². The molecule has 1 heterocycles. The van der Waals surface area contributed by atoms with Crippen LogP contribution in [0.5, 0.6) is 0 Å². The largest absolute Gasteiger partial charge is 0.321 e. The molecule has 0 bridgehead atoms. The van der Waals surface area contributed by atoms with Crippen molar-refractivity contribution in [2.45, 2.75) is 6.92 Å². The van der Waals surface area contributed by atoms with E-state index in [1.165, 1.54) is 30.3 Å². The predicted molar refractivity (Wildman–Crippen MR) is 80.0 cm³/mol. The number of nitrogens with one attached hydrogen (secondary N) is 1. The number of hydrogen-bond acceptors (Lipinski definition) is 4. The number of nitro benzene ring substituents is 1. The van der Waals surface area contributed by atoms with E-state index in [1.54, 1.807) is 6.92 Å². The van der Waals surface area contributed by atoms with Crippen molar-refractivity contribution in [3.05, 3.63) is 61.9 Å². The molecule has 0 atom stereocenters. The van der Waals surface area contributed by atoms with Gasteiger partial charge in [0.2, 0.25) is 0 Å². The number of halogens is 2. The highest BCUT2D eigenvalue weighted by atomic mass is 35.5. The van der Waals surface area contributed by atoms with Crippen LogP contribution in [-0.4, -0.2) is 15.8 Å². The number of pyridine rings is 1. The lowest BCUT2D eigenvalue weighted by Crippen LogP contribution is -2.14. The Morgan fingerprint density at radius 1 is 1.29 bits per heavy atom. The average molecular weight is 326 g/mol. The summed E-state index contributed by atoms with van der Waals surface area (Å²) in [5.41, 5.74) is 0.802. The molecule has 1 amide bonds. The Morgan fingerprint density at radius 3 is 2.62 bits per heavy atom. The van der Waals surface area contributed by atoms with Gasteiger partial charge in [-0.1, -0.05) is 23.2 Å². The quantitative estimate of drug-likeness (QED) is 0.527. The van der Waals surface area contributed by atoms with E-state index in [4.69, 9.17) is 23.2 Å². The topological polar surface area (TPSA) is 85.1 Å². The molecule has 0 unspecified atom stereocenters. The van der Waals surface area contributed by atoms with Gasteiger partial charge in [0.05, 0.1) is 9.95 Å². The maximum absolute atomic E-state index is 12.1. The Balaban J connectivity index is 2.26. The minimum absolute atomic E-state index is 0.0137. The van der Waals surface area contributed by atoms with Gasteiger partial charge in [-0.3, -0.25) is 14.9 Å². The molecule has 0 saturated heterocycles. The summed E-state index contributed by atoms with van der Waals surface area (Å²) >= 11 is 11.6. The van der Waals surface area contributed by atoms with Crippen molar-refractivity contribution in [3.63, 3.8) is 0 Å². The number of rotatable bonds is 3. The summed E-state index contributed by atoms with van der Waals surface area (Å²) in [6, 6.07) is 7.18. The second-order valence-corrected chi connectivity index (χ2v) is 4.97. The molecule has 0 fully saturated rings. The zero-order valence-corrected chi connectivity index (χ0v) is 12.3. The third-order valence-electron chi connectivity index (χ3n) is 2.68. The van der Waals surface area contributed by atoms with E-state index in [1.807, 2.05) is 0 Å². The van der Waals surface area contributed by atoms with Crippen LogP contribution >= 0.6 is 23.2 Å². The molecule has 1 aromatic carbocycles. The number of amides is 1. The first-order valence-corrected chi connectivity index (χ1v) is 6.52. The van der Waals surface area contributed by atoms with Crippen LogP contribution in [0.15, 0.2) is 30.3 Å². The van der Waals surface area contributed by atoms with Crippen LogP contribution in [0.4, 0.5) is 11.4 Å². The molecule has 8 heteroatoms. The fourth-order valence-electron chi connectivity index (χ4n) is 1.71. The van der Waals surface area contributed by atoms with Gasteiger partial charge in [0.25, 0.3) is 11.6 Å². The minimum Gasteiger partial charge on any atom is -0.321 e. The molecule has 0 saturated carbocycles. The third kappa shape index (κ3) is 3.48. The second kappa shape index (κ2) is 6.07. The first kappa shape index (κ1) is 15.2. The minimum atomic E-state index is -0.546. The van der Waals surface area contributed by atoms with E-state index in [9.17, 15) is 14.9 Å². The summed E-state index contributed by atoms with van der Waals surface area (Å²) in [7, 11) is 0. The van der Waals surface area contributed by atoms with E-state index < -0.39 is 10.8 Å². The highest BCUT2D eigenvalue weighted by Crippen LogP contribution is 2.23. The van der Waals surface area contributed by atoms with Crippen molar-refractivity contribution < 1.29 is 9.72 Å². The Bertz CT molecular complexity index is 735. The Morgan fingerprint density at radius 2 is 2.00 bits per heavy atom. The number of carbonyl (C=O) groups is 1. The molecule has 0 aliphatic carbocycles. The first-order chi connectivity index (χ1) is 9.88. The van der Waals surface area contributed by atoms with Crippen molar-refractivity contribution in [2.75, 3.05) is 5.32 Å². The van der Waals surface area contributed by atoms with Gasteiger partial charge in [0.15, 0.2) is 0 Å². The monoisotopic (exact) mass is 325 g/mol. The standard InChI is InChI=1S/C13H9Cl2N3O3/c1-7-6-8(2-4-10(7)18(20)21)16-13(19)12-9(14)3-5-11(15)17-12/h2-6H,1H3,(H,16,19). The number of benzene rings is 1. The number of aromatic nitrogens is 1. The van der Waals surface area contributed by atoms with Gasteiger partial charge in [-0.15, -0.1) is 0 Å². The number of aryl methyl sites for hydroxylation is 1. The molecule has 21 heavy (non-hydrogen) atoms. The highest BCUT2D eigenvalue weighted by molar-refractivity contribution is 6.35. The smallest absolute Gasteiger partial charge is 0.275 e. The summed E-state index contributed by atoms with van der Waals surface area (Å²) in [6.45, 7) is 1.58. The molecule has 1 N–H and O–H groups in total. The fraction of sp³-hybridized carbons (Fsp3) is 0.0769. The van der Waals surface area contributed by atoms with E-state index in [0.717, 1.165) is 0 Å². The number of nitro groups is 1. The van der Waals surface area contributed by atoms with Gasteiger partial charge in [-0.25, -0.2) is 4.98 Å². The molecule has 108 valence electrons. The van der Waals surface area contributed by atoms with Gasteiger partial charge >= 0.3 is 0 Å². The lowest BCUT2D eigenvalue weighted by Gasteiger charge is -2.07. The molecule has 0 aliphatic heterocycles. The van der Waals surface area contributed by atoms with Gasteiger partial charge in [0, 0.05) is 17.3 Å². The summed E-state index contributed by atoms with van der Waals surface area (Å²) in [5, 5.41) is 13.6. The van der Waals surface area contributed by atoms with Gasteiger partial charge < -0.3 is 5.32 Å². The third-order valence-corrected chi connectivity index (χ3v) is 3.19. The zero-order valence-electron chi connectivity index (χ0n) is 10.8. The molecule has 0 radical (unpaired) electrons. The van der Waals surface area contributed by atoms with Crippen LogP contribution in [0.2, 0.25) is 10.2 Å². The van der Waals surface area contributed by atoms with Crippen LogP contribution < -0.4 is 5.32 Å². The average Bonchev–Trinajstić information content (AvgIpc) is 2.41. The van der Waals surface area contributed by atoms with Gasteiger partial charge in [-0.2, -0.15) is 0 Å². The van der Waals surface area contributed by atoms with Crippen molar-refractivity contribution in [2.24, 2.45) is 0 Å². The normalized spacial score (nSPS) is 10.2. The summed E-state index contributed by atoms with van der Waals surface area (Å²) in [4.78, 5) is 26.2. The molecule has 0 spiro atoms. The SMILES string of the molecule is Cc1cc(NC(=O)c2nc(Cl)ccc2Cl)ccc1[N+](=O)[O-]. The molecule has 6 nitrogen and oxygen atoms in total. The molecular weight excluding hydrogens is 317 g/mol. The lowest BCUT2D eigenvalue weighted by atomic mass is 10.2.